The molecule has 2 aliphatic rings. The average Bonchev–Trinajstić information content (AvgIpc) is 3.28. The van der Waals surface area contributed by atoms with Crippen LogP contribution in [-0.2, 0) is 18.3 Å². The highest BCUT2D eigenvalue weighted by Crippen LogP contribution is 2.27. The number of carbonyl (C=O) groups is 2. The van der Waals surface area contributed by atoms with Gasteiger partial charge in [-0.3, -0.25) is 14.5 Å². The molecule has 4 rings (SSSR count). The van der Waals surface area contributed by atoms with Gasteiger partial charge in [0, 0.05) is 38.1 Å². The molecule has 3 heterocycles. The molecule has 0 spiro atoms. The Labute approximate surface area is 159 Å². The molecule has 0 radical (unpaired) electrons. The minimum absolute atomic E-state index is 0.0481. The van der Waals surface area contributed by atoms with Gasteiger partial charge in [-0.05, 0) is 37.4 Å². The van der Waals surface area contributed by atoms with E-state index in [-0.39, 0.29) is 17.9 Å². The zero-order valence-corrected chi connectivity index (χ0v) is 15.6. The van der Waals surface area contributed by atoms with Crippen molar-refractivity contribution in [2.24, 2.45) is 7.05 Å². The van der Waals surface area contributed by atoms with Crippen LogP contribution in [0.2, 0.25) is 0 Å². The van der Waals surface area contributed by atoms with E-state index in [1.165, 1.54) is 5.56 Å². The third-order valence-corrected chi connectivity index (χ3v) is 5.33. The van der Waals surface area contributed by atoms with Gasteiger partial charge in [0.2, 0.25) is 5.91 Å². The number of carbonyl (C=O) groups excluding carboxylic acids is 2. The Morgan fingerprint density at radius 2 is 2.11 bits per heavy atom. The third-order valence-electron chi connectivity index (χ3n) is 5.33. The summed E-state index contributed by atoms with van der Waals surface area (Å²) in [7, 11) is 1.84. The lowest BCUT2D eigenvalue weighted by molar-refractivity contribution is -0.119. The summed E-state index contributed by atoms with van der Waals surface area (Å²) < 4.78 is 1.76. The van der Waals surface area contributed by atoms with Crippen molar-refractivity contribution in [3.05, 3.63) is 48.0 Å². The second kappa shape index (κ2) is 7.52. The van der Waals surface area contributed by atoms with E-state index in [2.05, 4.69) is 21.3 Å². The lowest BCUT2D eigenvalue weighted by Gasteiger charge is -2.33. The maximum absolute atomic E-state index is 12.8. The first-order chi connectivity index (χ1) is 13.1. The summed E-state index contributed by atoms with van der Waals surface area (Å²) in [5.41, 5.74) is 2.71. The number of nitrogens with zero attached hydrogens (tertiary/aromatic N) is 4. The fourth-order valence-corrected chi connectivity index (χ4v) is 3.98. The number of hydrogen-bond donors (Lipinski definition) is 1. The highest BCUT2D eigenvalue weighted by atomic mass is 16.2. The number of benzene rings is 1. The SMILES string of the molecule is Cn1cnc(C(=O)NC2CCCN(CC(=O)N3CCc4ccccc43)C2)c1. The Morgan fingerprint density at radius 3 is 2.93 bits per heavy atom. The first-order valence-corrected chi connectivity index (χ1v) is 9.49. The maximum atomic E-state index is 12.8. The molecule has 0 bridgehead atoms. The molecule has 1 aromatic heterocycles. The van der Waals surface area contributed by atoms with Gasteiger partial charge in [-0.2, -0.15) is 0 Å². The van der Waals surface area contributed by atoms with Crippen molar-refractivity contribution in [2.75, 3.05) is 31.1 Å². The van der Waals surface area contributed by atoms with Crippen LogP contribution in [0.4, 0.5) is 5.69 Å². The van der Waals surface area contributed by atoms with Crippen molar-refractivity contribution < 1.29 is 9.59 Å². The van der Waals surface area contributed by atoms with E-state index in [0.717, 1.165) is 38.0 Å². The van der Waals surface area contributed by atoms with E-state index in [0.29, 0.717) is 18.8 Å². The number of amides is 2. The summed E-state index contributed by atoms with van der Waals surface area (Å²) in [6, 6.07) is 8.16. The number of likely N-dealkylation sites (tertiary alicyclic amines) is 1. The number of hydrogen-bond acceptors (Lipinski definition) is 4. The highest BCUT2D eigenvalue weighted by molar-refractivity contribution is 5.96. The van der Waals surface area contributed by atoms with Gasteiger partial charge < -0.3 is 14.8 Å². The zero-order chi connectivity index (χ0) is 18.8. The minimum Gasteiger partial charge on any atom is -0.347 e. The molecule has 0 aliphatic carbocycles. The Hall–Kier alpha value is -2.67. The molecule has 1 saturated heterocycles. The fourth-order valence-electron chi connectivity index (χ4n) is 3.98. The van der Waals surface area contributed by atoms with Crippen LogP contribution in [-0.4, -0.2) is 58.5 Å². The summed E-state index contributed by atoms with van der Waals surface area (Å²) in [6.07, 6.45) is 6.15. The molecule has 2 aromatic rings. The molecule has 0 saturated carbocycles. The zero-order valence-electron chi connectivity index (χ0n) is 15.6. The van der Waals surface area contributed by atoms with Crippen LogP contribution < -0.4 is 10.2 Å². The van der Waals surface area contributed by atoms with E-state index in [1.54, 1.807) is 17.1 Å². The van der Waals surface area contributed by atoms with Crippen LogP contribution in [0.25, 0.3) is 0 Å². The number of aromatic nitrogens is 2. The van der Waals surface area contributed by atoms with Crippen molar-refractivity contribution in [1.29, 1.82) is 0 Å². The van der Waals surface area contributed by atoms with E-state index >= 15 is 0 Å². The van der Waals surface area contributed by atoms with Gasteiger partial charge >= 0.3 is 0 Å². The summed E-state index contributed by atoms with van der Waals surface area (Å²) in [5.74, 6) is -0.0149. The fraction of sp³-hybridized carbons (Fsp3) is 0.450. The molecule has 1 atom stereocenters. The van der Waals surface area contributed by atoms with E-state index in [1.807, 2.05) is 30.1 Å². The van der Waals surface area contributed by atoms with Crippen LogP contribution in [0.3, 0.4) is 0 Å². The standard InChI is InChI=1S/C20H25N5O2/c1-23-12-17(21-14-23)20(27)22-16-6-4-9-24(11-16)13-19(26)25-10-8-15-5-2-3-7-18(15)25/h2-3,5,7,12,14,16H,4,6,8-11,13H2,1H3,(H,22,27). The van der Waals surface area contributed by atoms with E-state index in [9.17, 15) is 9.59 Å². The van der Waals surface area contributed by atoms with Gasteiger partial charge in [0.15, 0.2) is 0 Å². The molecular formula is C20H25N5O2. The van der Waals surface area contributed by atoms with E-state index in [4.69, 9.17) is 0 Å². The topological polar surface area (TPSA) is 70.5 Å². The number of para-hydroxylation sites is 1. The van der Waals surface area contributed by atoms with Crippen molar-refractivity contribution in [3.8, 4) is 0 Å². The highest BCUT2D eigenvalue weighted by Gasteiger charge is 2.28. The number of rotatable bonds is 4. The smallest absolute Gasteiger partial charge is 0.271 e. The van der Waals surface area contributed by atoms with Crippen LogP contribution in [0.15, 0.2) is 36.8 Å². The predicted molar refractivity (Wildman–Crippen MR) is 103 cm³/mol. The summed E-state index contributed by atoms with van der Waals surface area (Å²) in [5, 5.41) is 3.06. The van der Waals surface area contributed by atoms with Gasteiger partial charge in [-0.25, -0.2) is 4.98 Å². The largest absolute Gasteiger partial charge is 0.347 e. The molecule has 27 heavy (non-hydrogen) atoms. The Morgan fingerprint density at radius 1 is 1.26 bits per heavy atom. The average molecular weight is 367 g/mol. The van der Waals surface area contributed by atoms with Crippen LogP contribution in [0.5, 0.6) is 0 Å². The van der Waals surface area contributed by atoms with Crippen molar-refractivity contribution in [1.82, 2.24) is 19.8 Å². The third kappa shape index (κ3) is 3.88. The van der Waals surface area contributed by atoms with Gasteiger partial charge in [-0.1, -0.05) is 18.2 Å². The Bertz CT molecular complexity index is 846. The van der Waals surface area contributed by atoms with Crippen molar-refractivity contribution >= 4 is 17.5 Å². The van der Waals surface area contributed by atoms with Gasteiger partial charge in [-0.15, -0.1) is 0 Å². The van der Waals surface area contributed by atoms with Crippen LogP contribution >= 0.6 is 0 Å². The number of imidazole rings is 1. The lowest BCUT2D eigenvalue weighted by Crippen LogP contribution is -2.50. The molecule has 2 aliphatic heterocycles. The number of anilines is 1. The normalized spacial score (nSPS) is 19.7. The molecular weight excluding hydrogens is 342 g/mol. The molecule has 2 amide bonds. The molecule has 7 heteroatoms. The van der Waals surface area contributed by atoms with Gasteiger partial charge in [0.1, 0.15) is 5.69 Å². The second-order valence-electron chi connectivity index (χ2n) is 7.40. The summed E-state index contributed by atoms with van der Waals surface area (Å²) in [4.78, 5) is 33.3. The molecule has 142 valence electrons. The Balaban J connectivity index is 1.33. The van der Waals surface area contributed by atoms with Crippen molar-refractivity contribution in [2.45, 2.75) is 25.3 Å². The van der Waals surface area contributed by atoms with Gasteiger partial charge in [0.25, 0.3) is 5.91 Å². The van der Waals surface area contributed by atoms with Gasteiger partial charge in [0.05, 0.1) is 12.9 Å². The first kappa shape index (κ1) is 17.7. The lowest BCUT2D eigenvalue weighted by atomic mass is 10.1. The number of aryl methyl sites for hydroxylation is 1. The summed E-state index contributed by atoms with van der Waals surface area (Å²) in [6.45, 7) is 2.73. The maximum Gasteiger partial charge on any atom is 0.271 e. The predicted octanol–water partition coefficient (Wildman–Crippen LogP) is 1.20. The molecule has 1 aromatic carbocycles. The molecule has 1 unspecified atom stereocenters. The second-order valence-corrected chi connectivity index (χ2v) is 7.40. The van der Waals surface area contributed by atoms with Crippen molar-refractivity contribution in [3.63, 3.8) is 0 Å². The first-order valence-electron chi connectivity index (χ1n) is 9.49. The van der Waals surface area contributed by atoms with Crippen LogP contribution in [0.1, 0.15) is 28.9 Å². The molecule has 1 N–H and O–H groups in total. The quantitative estimate of drug-likeness (QED) is 0.882. The molecule has 1 fully saturated rings. The van der Waals surface area contributed by atoms with E-state index < -0.39 is 0 Å². The monoisotopic (exact) mass is 367 g/mol. The number of nitrogens with one attached hydrogen (secondary N) is 1. The Kier molecular flexibility index (Phi) is 4.94. The summed E-state index contributed by atoms with van der Waals surface area (Å²) >= 11 is 0. The number of fused-ring (bicyclic) bond motifs is 1. The molecule has 7 nitrogen and oxygen atoms in total. The van der Waals surface area contributed by atoms with Crippen LogP contribution in [0, 0.1) is 0 Å². The minimum atomic E-state index is -0.151. The number of piperidine rings is 1.